The summed E-state index contributed by atoms with van der Waals surface area (Å²) in [6.45, 7) is 2.32. The van der Waals surface area contributed by atoms with Crippen molar-refractivity contribution in [1.29, 1.82) is 0 Å². The fourth-order valence-electron chi connectivity index (χ4n) is 2.50. The first kappa shape index (κ1) is 16.7. The first-order valence-corrected chi connectivity index (χ1v) is 8.04. The molecule has 0 spiro atoms. The number of aromatic nitrogens is 3. The maximum atomic E-state index is 12.4. The third-order valence-corrected chi connectivity index (χ3v) is 4.00. The second-order valence-corrected chi connectivity index (χ2v) is 5.69. The summed E-state index contributed by atoms with van der Waals surface area (Å²) in [5, 5.41) is 7.13. The lowest BCUT2D eigenvalue weighted by Gasteiger charge is -2.14. The van der Waals surface area contributed by atoms with Crippen molar-refractivity contribution in [2.24, 2.45) is 0 Å². The Bertz CT molecular complexity index is 846. The van der Waals surface area contributed by atoms with Gasteiger partial charge in [-0.3, -0.25) is 4.79 Å². The maximum Gasteiger partial charge on any atom is 0.227 e. The van der Waals surface area contributed by atoms with E-state index in [0.29, 0.717) is 6.54 Å². The maximum absolute atomic E-state index is 12.4. The van der Waals surface area contributed by atoms with Crippen molar-refractivity contribution in [3.05, 3.63) is 72.2 Å². The molecular weight excluding hydrogens is 316 g/mol. The molecule has 3 aromatic rings. The van der Waals surface area contributed by atoms with Gasteiger partial charge in [-0.05, 0) is 48.4 Å². The Balaban J connectivity index is 1.65. The quantitative estimate of drug-likeness (QED) is 0.751. The number of nitrogens with zero attached hydrogens (tertiary/aromatic N) is 3. The summed E-state index contributed by atoms with van der Waals surface area (Å²) in [4.78, 5) is 16.7. The van der Waals surface area contributed by atoms with Crippen LogP contribution in [-0.4, -0.2) is 27.8 Å². The molecule has 1 aromatic carbocycles. The Hall–Kier alpha value is -3.15. The minimum Gasteiger partial charge on any atom is -0.497 e. The van der Waals surface area contributed by atoms with Crippen LogP contribution in [-0.2, 0) is 11.3 Å². The summed E-state index contributed by atoms with van der Waals surface area (Å²) >= 11 is 0. The molecule has 0 radical (unpaired) electrons. The monoisotopic (exact) mass is 336 g/mol. The van der Waals surface area contributed by atoms with Gasteiger partial charge in [-0.1, -0.05) is 12.1 Å². The zero-order chi connectivity index (χ0) is 17.6. The van der Waals surface area contributed by atoms with Gasteiger partial charge >= 0.3 is 0 Å². The van der Waals surface area contributed by atoms with Gasteiger partial charge in [0.25, 0.3) is 0 Å². The minimum atomic E-state index is -0.262. The largest absolute Gasteiger partial charge is 0.497 e. The van der Waals surface area contributed by atoms with E-state index in [4.69, 9.17) is 4.74 Å². The number of methoxy groups -OCH3 is 1. The van der Waals surface area contributed by atoms with Crippen LogP contribution in [0.3, 0.4) is 0 Å². The summed E-state index contributed by atoms with van der Waals surface area (Å²) in [7, 11) is 1.62. The van der Waals surface area contributed by atoms with Crippen molar-refractivity contribution in [2.75, 3.05) is 7.11 Å². The third kappa shape index (κ3) is 4.03. The van der Waals surface area contributed by atoms with Crippen LogP contribution >= 0.6 is 0 Å². The predicted molar refractivity (Wildman–Crippen MR) is 94.6 cm³/mol. The van der Waals surface area contributed by atoms with Gasteiger partial charge in [-0.15, -0.1) is 0 Å². The average Bonchev–Trinajstić information content (AvgIpc) is 3.20. The molecule has 3 rings (SSSR count). The van der Waals surface area contributed by atoms with E-state index in [0.717, 1.165) is 22.7 Å². The molecule has 0 aliphatic rings. The van der Waals surface area contributed by atoms with E-state index in [2.05, 4.69) is 15.4 Å². The fourth-order valence-corrected chi connectivity index (χ4v) is 2.50. The van der Waals surface area contributed by atoms with Crippen LogP contribution < -0.4 is 10.1 Å². The first-order chi connectivity index (χ1) is 12.2. The second kappa shape index (κ2) is 7.61. The zero-order valence-corrected chi connectivity index (χ0v) is 14.2. The lowest BCUT2D eigenvalue weighted by atomic mass is 10.00. The summed E-state index contributed by atoms with van der Waals surface area (Å²) < 4.78 is 6.90. The molecule has 6 heteroatoms. The topological polar surface area (TPSA) is 69.0 Å². The third-order valence-electron chi connectivity index (χ3n) is 4.00. The molecule has 0 saturated carbocycles. The van der Waals surface area contributed by atoms with Crippen molar-refractivity contribution < 1.29 is 9.53 Å². The molecule has 0 bridgehead atoms. The van der Waals surface area contributed by atoms with Gasteiger partial charge in [0, 0.05) is 25.1 Å². The summed E-state index contributed by atoms with van der Waals surface area (Å²) in [6, 6.07) is 13.2. The van der Waals surface area contributed by atoms with Crippen LogP contribution in [0.4, 0.5) is 0 Å². The van der Waals surface area contributed by atoms with Gasteiger partial charge in [0.15, 0.2) is 5.82 Å². The Kier molecular flexibility index (Phi) is 5.09. The Labute approximate surface area is 146 Å². The number of ether oxygens (including phenoxy) is 1. The molecule has 1 amide bonds. The molecule has 0 unspecified atom stereocenters. The normalized spacial score (nSPS) is 11.8. The second-order valence-electron chi connectivity index (χ2n) is 5.69. The highest BCUT2D eigenvalue weighted by atomic mass is 16.5. The smallest absolute Gasteiger partial charge is 0.227 e. The van der Waals surface area contributed by atoms with Gasteiger partial charge in [0.2, 0.25) is 5.91 Å². The molecule has 2 aromatic heterocycles. The van der Waals surface area contributed by atoms with Crippen molar-refractivity contribution in [1.82, 2.24) is 20.1 Å². The lowest BCUT2D eigenvalue weighted by Crippen LogP contribution is -2.27. The average molecular weight is 336 g/mol. The van der Waals surface area contributed by atoms with Gasteiger partial charge < -0.3 is 10.1 Å². The van der Waals surface area contributed by atoms with E-state index in [9.17, 15) is 4.79 Å². The number of carbonyl (C=O) groups is 1. The van der Waals surface area contributed by atoms with Gasteiger partial charge in [0.1, 0.15) is 5.75 Å². The summed E-state index contributed by atoms with van der Waals surface area (Å²) in [5.41, 5.74) is 1.88. The van der Waals surface area contributed by atoms with Gasteiger partial charge in [0.05, 0.1) is 13.0 Å². The number of pyridine rings is 1. The molecule has 1 N–H and O–H groups in total. The lowest BCUT2D eigenvalue weighted by molar-refractivity contribution is -0.122. The van der Waals surface area contributed by atoms with Crippen molar-refractivity contribution >= 4 is 5.91 Å². The molecule has 6 nitrogen and oxygen atoms in total. The number of nitrogens with one attached hydrogen (secondary N) is 1. The Morgan fingerprint density at radius 2 is 2.12 bits per heavy atom. The van der Waals surface area contributed by atoms with E-state index in [-0.39, 0.29) is 11.8 Å². The van der Waals surface area contributed by atoms with E-state index < -0.39 is 0 Å². The van der Waals surface area contributed by atoms with Gasteiger partial charge in [-0.25, -0.2) is 9.67 Å². The number of amides is 1. The Morgan fingerprint density at radius 3 is 2.88 bits per heavy atom. The molecule has 25 heavy (non-hydrogen) atoms. The van der Waals surface area contributed by atoms with E-state index >= 15 is 0 Å². The molecular formula is C19H20N4O2. The SMILES string of the molecule is COc1cccc([C@@H](C)C(=O)NCc2ccnc(-n3cccn3)c2)c1. The highest BCUT2D eigenvalue weighted by Gasteiger charge is 2.15. The van der Waals surface area contributed by atoms with Crippen LogP contribution in [0.1, 0.15) is 24.0 Å². The molecule has 128 valence electrons. The van der Waals surface area contributed by atoms with Crippen molar-refractivity contribution in [2.45, 2.75) is 19.4 Å². The molecule has 1 atom stereocenters. The van der Waals surface area contributed by atoms with Crippen LogP contribution in [0.15, 0.2) is 61.1 Å². The summed E-state index contributed by atoms with van der Waals surface area (Å²) in [5.74, 6) is 1.17. The van der Waals surface area contributed by atoms with Crippen LogP contribution in [0.25, 0.3) is 5.82 Å². The predicted octanol–water partition coefficient (Wildman–Crippen LogP) is 2.70. The van der Waals surface area contributed by atoms with Gasteiger partial charge in [-0.2, -0.15) is 5.10 Å². The van der Waals surface area contributed by atoms with E-state index in [1.165, 1.54) is 0 Å². The number of carbonyl (C=O) groups excluding carboxylic acids is 1. The van der Waals surface area contributed by atoms with Crippen LogP contribution in [0.5, 0.6) is 5.75 Å². The first-order valence-electron chi connectivity index (χ1n) is 8.04. The van der Waals surface area contributed by atoms with Crippen molar-refractivity contribution in [3.8, 4) is 11.6 Å². The standard InChI is InChI=1S/C19H20N4O2/c1-14(16-5-3-6-17(12-16)25-2)19(24)21-13-15-7-9-20-18(11-15)23-10-4-8-22-23/h3-12,14H,13H2,1-2H3,(H,21,24)/t14-/m1/s1. The highest BCUT2D eigenvalue weighted by Crippen LogP contribution is 2.20. The van der Waals surface area contributed by atoms with Crippen molar-refractivity contribution in [3.63, 3.8) is 0 Å². The van der Waals surface area contributed by atoms with Crippen LogP contribution in [0, 0.1) is 0 Å². The molecule has 0 saturated heterocycles. The number of hydrogen-bond donors (Lipinski definition) is 1. The zero-order valence-electron chi connectivity index (χ0n) is 14.2. The number of hydrogen-bond acceptors (Lipinski definition) is 4. The molecule has 0 aliphatic heterocycles. The summed E-state index contributed by atoms with van der Waals surface area (Å²) in [6.07, 6.45) is 5.24. The number of benzene rings is 1. The molecule has 0 fully saturated rings. The molecule has 0 aliphatic carbocycles. The minimum absolute atomic E-state index is 0.0364. The van der Waals surface area contributed by atoms with E-state index in [1.54, 1.807) is 24.2 Å². The highest BCUT2D eigenvalue weighted by molar-refractivity contribution is 5.83. The van der Waals surface area contributed by atoms with E-state index in [1.807, 2.05) is 55.6 Å². The van der Waals surface area contributed by atoms with Crippen LogP contribution in [0.2, 0.25) is 0 Å². The number of rotatable bonds is 6. The Morgan fingerprint density at radius 1 is 1.24 bits per heavy atom. The fraction of sp³-hybridized carbons (Fsp3) is 0.211. The molecule has 2 heterocycles.